The number of nitrogens with zero attached hydrogens (tertiary/aromatic N) is 1. The van der Waals surface area contributed by atoms with Gasteiger partial charge < -0.3 is 19.5 Å². The van der Waals surface area contributed by atoms with Gasteiger partial charge in [-0.15, -0.1) is 11.8 Å². The van der Waals surface area contributed by atoms with Crippen molar-refractivity contribution in [3.8, 4) is 17.6 Å². The van der Waals surface area contributed by atoms with Gasteiger partial charge in [0.25, 0.3) is 0 Å². The molecule has 1 amide bonds. The molecule has 0 spiro atoms. The Hall–Kier alpha value is -3.18. The quantitative estimate of drug-likeness (QED) is 0.535. The minimum absolute atomic E-state index is 0.0897. The van der Waals surface area contributed by atoms with Gasteiger partial charge in [-0.25, -0.2) is 4.79 Å². The molecule has 0 aliphatic carbocycles. The maximum atomic E-state index is 12.3. The topological polar surface area (TPSA) is 97.6 Å². The first-order valence-electron chi connectivity index (χ1n) is 8.32. The molecule has 2 aromatic rings. The third-order valence-electron chi connectivity index (χ3n) is 3.60. The van der Waals surface area contributed by atoms with Gasteiger partial charge in [-0.05, 0) is 31.2 Å². The SMILES string of the molecule is COc1ccc(NC(=O)CSc2ccccc2C(=O)O[C@H](C)C#N)cc1OC. The van der Waals surface area contributed by atoms with Crippen LogP contribution in [0.2, 0.25) is 0 Å². The molecule has 0 aromatic heterocycles. The minimum atomic E-state index is -0.848. The molecule has 0 aliphatic rings. The maximum Gasteiger partial charge on any atom is 0.340 e. The number of esters is 1. The van der Waals surface area contributed by atoms with Gasteiger partial charge >= 0.3 is 5.97 Å². The second-order valence-corrected chi connectivity index (χ2v) is 6.60. The van der Waals surface area contributed by atoms with E-state index in [0.29, 0.717) is 27.6 Å². The normalized spacial score (nSPS) is 11.1. The van der Waals surface area contributed by atoms with Crippen molar-refractivity contribution >= 4 is 29.3 Å². The smallest absolute Gasteiger partial charge is 0.340 e. The number of anilines is 1. The lowest BCUT2D eigenvalue weighted by Crippen LogP contribution is -2.16. The van der Waals surface area contributed by atoms with Gasteiger partial charge in [0.2, 0.25) is 5.91 Å². The van der Waals surface area contributed by atoms with E-state index < -0.39 is 12.1 Å². The Morgan fingerprint density at radius 3 is 2.54 bits per heavy atom. The van der Waals surface area contributed by atoms with Gasteiger partial charge in [0, 0.05) is 16.6 Å². The van der Waals surface area contributed by atoms with Gasteiger partial charge in [-0.1, -0.05) is 12.1 Å². The number of carbonyl (C=O) groups is 2. The van der Waals surface area contributed by atoms with E-state index in [4.69, 9.17) is 19.5 Å². The van der Waals surface area contributed by atoms with Crippen molar-refractivity contribution in [1.29, 1.82) is 5.26 Å². The highest BCUT2D eigenvalue weighted by atomic mass is 32.2. The first-order valence-corrected chi connectivity index (χ1v) is 9.31. The highest BCUT2D eigenvalue weighted by molar-refractivity contribution is 8.00. The van der Waals surface area contributed by atoms with Gasteiger partial charge in [-0.3, -0.25) is 4.79 Å². The number of rotatable bonds is 8. The molecule has 0 saturated carbocycles. The van der Waals surface area contributed by atoms with Crippen molar-refractivity contribution in [2.24, 2.45) is 0 Å². The molecule has 1 N–H and O–H groups in total. The molecule has 8 heteroatoms. The van der Waals surface area contributed by atoms with Crippen LogP contribution in [-0.2, 0) is 9.53 Å². The number of amides is 1. The first kappa shape index (κ1) is 21.1. The summed E-state index contributed by atoms with van der Waals surface area (Å²) in [6.45, 7) is 1.49. The average Bonchev–Trinajstić information content (AvgIpc) is 2.72. The second-order valence-electron chi connectivity index (χ2n) is 5.58. The molecule has 0 bridgehead atoms. The van der Waals surface area contributed by atoms with Crippen molar-refractivity contribution < 1.29 is 23.8 Å². The van der Waals surface area contributed by atoms with Crippen molar-refractivity contribution in [3.05, 3.63) is 48.0 Å². The summed E-state index contributed by atoms with van der Waals surface area (Å²) in [7, 11) is 3.05. The van der Waals surface area contributed by atoms with Crippen LogP contribution >= 0.6 is 11.8 Å². The zero-order valence-electron chi connectivity index (χ0n) is 15.7. The summed E-state index contributed by atoms with van der Waals surface area (Å²) in [5, 5.41) is 11.6. The lowest BCUT2D eigenvalue weighted by molar-refractivity contribution is -0.113. The van der Waals surface area contributed by atoms with Gasteiger partial charge in [0.05, 0.1) is 25.5 Å². The number of methoxy groups -OCH3 is 2. The summed E-state index contributed by atoms with van der Waals surface area (Å²) >= 11 is 1.20. The Morgan fingerprint density at radius 1 is 1.14 bits per heavy atom. The van der Waals surface area contributed by atoms with Crippen LogP contribution in [-0.4, -0.2) is 38.0 Å². The van der Waals surface area contributed by atoms with E-state index in [9.17, 15) is 9.59 Å². The molecule has 0 saturated heterocycles. The molecule has 146 valence electrons. The van der Waals surface area contributed by atoms with Crippen LogP contribution in [0.25, 0.3) is 0 Å². The molecule has 0 fully saturated rings. The standard InChI is InChI=1S/C20H20N2O5S/c1-13(11-21)27-20(24)15-6-4-5-7-18(15)28-12-19(23)22-14-8-9-16(25-2)17(10-14)26-3/h4-10,13H,12H2,1-3H3,(H,22,23)/t13-/m1/s1. The number of hydrogen-bond acceptors (Lipinski definition) is 7. The number of nitriles is 1. The lowest BCUT2D eigenvalue weighted by Gasteiger charge is -2.12. The number of thioether (sulfide) groups is 1. The fraction of sp³-hybridized carbons (Fsp3) is 0.250. The Morgan fingerprint density at radius 2 is 1.86 bits per heavy atom. The zero-order valence-corrected chi connectivity index (χ0v) is 16.5. The van der Waals surface area contributed by atoms with Crippen molar-refractivity contribution in [1.82, 2.24) is 0 Å². The van der Waals surface area contributed by atoms with Gasteiger partial charge in [-0.2, -0.15) is 5.26 Å². The average molecular weight is 400 g/mol. The summed E-state index contributed by atoms with van der Waals surface area (Å²) in [6.07, 6.45) is -0.848. The first-order chi connectivity index (χ1) is 13.5. The number of ether oxygens (including phenoxy) is 3. The summed E-state index contributed by atoms with van der Waals surface area (Å²) in [4.78, 5) is 25.1. The summed E-state index contributed by atoms with van der Waals surface area (Å²) < 4.78 is 15.4. The van der Waals surface area contributed by atoms with E-state index >= 15 is 0 Å². The van der Waals surface area contributed by atoms with Crippen LogP contribution in [0.1, 0.15) is 17.3 Å². The highest BCUT2D eigenvalue weighted by Gasteiger charge is 2.16. The highest BCUT2D eigenvalue weighted by Crippen LogP contribution is 2.30. The third kappa shape index (κ3) is 5.66. The van der Waals surface area contributed by atoms with Gasteiger partial charge in [0.1, 0.15) is 6.07 Å². The minimum Gasteiger partial charge on any atom is -0.493 e. The Balaban J connectivity index is 2.02. The van der Waals surface area contributed by atoms with E-state index in [2.05, 4.69) is 5.32 Å². The molecule has 2 aromatic carbocycles. The predicted molar refractivity (Wildman–Crippen MR) is 106 cm³/mol. The van der Waals surface area contributed by atoms with Crippen LogP contribution in [0.5, 0.6) is 11.5 Å². The van der Waals surface area contributed by atoms with Crippen molar-refractivity contribution in [3.63, 3.8) is 0 Å². The van der Waals surface area contributed by atoms with E-state index in [0.717, 1.165) is 0 Å². The van der Waals surface area contributed by atoms with E-state index in [1.54, 1.807) is 42.5 Å². The molecular weight excluding hydrogens is 380 g/mol. The molecule has 0 radical (unpaired) electrons. The number of carbonyl (C=O) groups excluding carboxylic acids is 2. The number of nitrogens with one attached hydrogen (secondary N) is 1. The van der Waals surface area contributed by atoms with Crippen LogP contribution in [0.4, 0.5) is 5.69 Å². The van der Waals surface area contributed by atoms with Crippen LogP contribution in [0.3, 0.4) is 0 Å². The van der Waals surface area contributed by atoms with E-state index in [1.165, 1.54) is 32.9 Å². The monoisotopic (exact) mass is 400 g/mol. The van der Waals surface area contributed by atoms with Crippen LogP contribution in [0.15, 0.2) is 47.4 Å². The Labute approximate surface area is 167 Å². The fourth-order valence-electron chi connectivity index (χ4n) is 2.27. The molecule has 7 nitrogen and oxygen atoms in total. The second kappa shape index (κ2) is 10.2. The summed E-state index contributed by atoms with van der Waals surface area (Å²) in [5.41, 5.74) is 0.882. The maximum absolute atomic E-state index is 12.3. The number of hydrogen-bond donors (Lipinski definition) is 1. The molecule has 0 aliphatic heterocycles. The molecule has 1 atom stereocenters. The molecule has 0 heterocycles. The Kier molecular flexibility index (Phi) is 7.72. The molecule has 0 unspecified atom stereocenters. The fourth-order valence-corrected chi connectivity index (χ4v) is 3.11. The van der Waals surface area contributed by atoms with E-state index in [1.807, 2.05) is 6.07 Å². The molecule has 2 rings (SSSR count). The van der Waals surface area contributed by atoms with Crippen LogP contribution < -0.4 is 14.8 Å². The van der Waals surface area contributed by atoms with Gasteiger partial charge in [0.15, 0.2) is 17.6 Å². The Bertz CT molecular complexity index is 894. The predicted octanol–water partition coefficient (Wildman–Crippen LogP) is 3.50. The van der Waals surface area contributed by atoms with Crippen molar-refractivity contribution in [2.45, 2.75) is 17.9 Å². The summed E-state index contributed by atoms with van der Waals surface area (Å²) in [5.74, 6) is 0.316. The van der Waals surface area contributed by atoms with Crippen LogP contribution in [0, 0.1) is 11.3 Å². The largest absolute Gasteiger partial charge is 0.493 e. The molecule has 28 heavy (non-hydrogen) atoms. The molecular formula is C20H20N2O5S. The zero-order chi connectivity index (χ0) is 20.5. The summed E-state index contributed by atoms with van der Waals surface area (Å²) in [6, 6.07) is 13.7. The van der Waals surface area contributed by atoms with Crippen molar-refractivity contribution in [2.75, 3.05) is 25.3 Å². The van der Waals surface area contributed by atoms with E-state index in [-0.39, 0.29) is 11.7 Å². The lowest BCUT2D eigenvalue weighted by atomic mass is 10.2. The third-order valence-corrected chi connectivity index (χ3v) is 4.67. The number of benzene rings is 2.